The van der Waals surface area contributed by atoms with E-state index < -0.39 is 28.2 Å². The standard InChI is InChI=1S/C12H18N2O4S/c1-6(2)8-7(10(15)16)14-9(19(8)13)11(17)18-12(3,4)5/h6H,13H2,1-5H3. The molecule has 0 saturated carbocycles. The Kier molecular flexibility index (Phi) is 4.32. The van der Waals surface area contributed by atoms with Crippen molar-refractivity contribution >= 4 is 22.6 Å². The molecule has 1 atom stereocenters. The second-order valence-corrected chi connectivity index (χ2v) is 6.91. The Hall–Kier alpha value is -1.47. The second-order valence-electron chi connectivity index (χ2n) is 5.41. The van der Waals surface area contributed by atoms with Gasteiger partial charge in [-0.3, -0.25) is 0 Å². The molecule has 0 spiro atoms. The summed E-state index contributed by atoms with van der Waals surface area (Å²) >= 11 is 0. The van der Waals surface area contributed by atoms with E-state index in [-0.39, 0.29) is 16.6 Å². The van der Waals surface area contributed by atoms with Crippen LogP contribution in [0.2, 0.25) is 0 Å². The van der Waals surface area contributed by atoms with Gasteiger partial charge in [0.05, 0.1) is 5.97 Å². The summed E-state index contributed by atoms with van der Waals surface area (Å²) < 4.78 is 5.17. The van der Waals surface area contributed by atoms with Crippen LogP contribution in [0.3, 0.4) is 0 Å². The lowest BCUT2D eigenvalue weighted by Crippen LogP contribution is -2.25. The molecule has 0 aliphatic rings. The summed E-state index contributed by atoms with van der Waals surface area (Å²) in [6.45, 7) is 8.72. The Morgan fingerprint density at radius 2 is 1.89 bits per heavy atom. The third-order valence-corrected chi connectivity index (χ3v) is 4.00. The molecule has 1 heterocycles. The van der Waals surface area contributed by atoms with E-state index in [1.807, 2.05) is 0 Å². The maximum Gasteiger partial charge on any atom is 0.415 e. The molecule has 7 heteroatoms. The van der Waals surface area contributed by atoms with Crippen LogP contribution in [0.5, 0.6) is 0 Å². The van der Waals surface area contributed by atoms with Gasteiger partial charge in [-0.05, 0) is 20.8 Å². The number of nitrogen functional groups attached to an aromatic ring is 1. The number of carboxylic acid groups (broad SMARTS) is 1. The summed E-state index contributed by atoms with van der Waals surface area (Å²) in [6, 6.07) is 0. The number of aromatic nitrogens is 1. The van der Waals surface area contributed by atoms with Crippen LogP contribution in [0.25, 0.3) is 0 Å². The SMILES string of the molecule is CC(C)c1c(C(=O)[O-])nc(C(=O)OC(C)(C)C)[s+]1N. The molecular weight excluding hydrogens is 268 g/mol. The summed E-state index contributed by atoms with van der Waals surface area (Å²) in [5.74, 6) is -2.25. The number of thiazole rings is 1. The lowest BCUT2D eigenvalue weighted by atomic mass is 10.1. The smallest absolute Gasteiger partial charge is 0.415 e. The van der Waals surface area contributed by atoms with Gasteiger partial charge >= 0.3 is 11.0 Å². The fourth-order valence-electron chi connectivity index (χ4n) is 1.54. The largest absolute Gasteiger partial charge is 0.543 e. The van der Waals surface area contributed by atoms with Gasteiger partial charge in [0.2, 0.25) is 4.88 Å². The zero-order valence-electron chi connectivity index (χ0n) is 11.6. The van der Waals surface area contributed by atoms with E-state index in [0.717, 1.165) is 0 Å². The molecule has 2 N–H and O–H groups in total. The van der Waals surface area contributed by atoms with E-state index in [0.29, 0.717) is 4.88 Å². The summed E-state index contributed by atoms with van der Waals surface area (Å²) in [5.41, 5.74) is -0.937. The zero-order valence-corrected chi connectivity index (χ0v) is 12.5. The van der Waals surface area contributed by atoms with Crippen molar-refractivity contribution in [1.29, 1.82) is 0 Å². The topological polar surface area (TPSA) is 105 Å². The number of carbonyl (C=O) groups is 2. The Labute approximate surface area is 114 Å². The van der Waals surface area contributed by atoms with Gasteiger partial charge in [0.15, 0.2) is 0 Å². The molecule has 106 valence electrons. The predicted molar refractivity (Wildman–Crippen MR) is 70.5 cm³/mol. The quantitative estimate of drug-likeness (QED) is 0.656. The molecule has 0 aromatic carbocycles. The molecule has 0 bridgehead atoms. The van der Waals surface area contributed by atoms with Crippen molar-refractivity contribution in [1.82, 2.24) is 4.98 Å². The van der Waals surface area contributed by atoms with Crippen LogP contribution < -0.4 is 10.2 Å². The fraction of sp³-hybridized carbons (Fsp3) is 0.583. The first-order chi connectivity index (χ1) is 8.54. The van der Waals surface area contributed by atoms with E-state index in [9.17, 15) is 14.7 Å². The number of hydrogen-bond donors (Lipinski definition) is 1. The third-order valence-electron chi connectivity index (χ3n) is 2.18. The van der Waals surface area contributed by atoms with E-state index >= 15 is 0 Å². The van der Waals surface area contributed by atoms with Crippen LogP contribution in [0.4, 0.5) is 0 Å². The number of rotatable bonds is 3. The van der Waals surface area contributed by atoms with E-state index in [4.69, 9.17) is 9.88 Å². The number of nitrogens with two attached hydrogens (primary N) is 1. The van der Waals surface area contributed by atoms with Gasteiger partial charge in [-0.25, -0.2) is 4.79 Å². The van der Waals surface area contributed by atoms with Crippen molar-refractivity contribution in [3.05, 3.63) is 15.6 Å². The highest BCUT2D eigenvalue weighted by Crippen LogP contribution is 2.33. The van der Waals surface area contributed by atoms with Crippen molar-refractivity contribution in [3.63, 3.8) is 0 Å². The van der Waals surface area contributed by atoms with E-state index in [1.54, 1.807) is 34.6 Å². The molecule has 1 unspecified atom stereocenters. The molecule has 0 radical (unpaired) electrons. The first-order valence-electron chi connectivity index (χ1n) is 5.81. The van der Waals surface area contributed by atoms with Gasteiger partial charge in [-0.15, -0.1) is 5.14 Å². The molecule has 6 nitrogen and oxygen atoms in total. The van der Waals surface area contributed by atoms with E-state index in [2.05, 4.69) is 4.98 Å². The Morgan fingerprint density at radius 3 is 2.21 bits per heavy atom. The number of esters is 1. The first-order valence-corrected chi connectivity index (χ1v) is 7.09. The third kappa shape index (κ3) is 3.51. The highest BCUT2D eigenvalue weighted by atomic mass is 32.2. The molecule has 0 fully saturated rings. The lowest BCUT2D eigenvalue weighted by molar-refractivity contribution is -0.255. The molecule has 0 saturated heterocycles. The van der Waals surface area contributed by atoms with Gasteiger partial charge in [0.25, 0.3) is 0 Å². The van der Waals surface area contributed by atoms with Gasteiger partial charge in [-0.2, -0.15) is 4.98 Å². The number of carboxylic acids is 1. The van der Waals surface area contributed by atoms with Crippen molar-refractivity contribution in [2.24, 2.45) is 0 Å². The molecular formula is C12H18N2O4S. The fourth-order valence-corrected chi connectivity index (χ4v) is 3.01. The molecule has 1 aromatic heterocycles. The molecule has 0 amide bonds. The van der Waals surface area contributed by atoms with Crippen LogP contribution in [0.15, 0.2) is 0 Å². The highest BCUT2D eigenvalue weighted by Gasteiger charge is 2.36. The number of carbonyl (C=O) groups excluding carboxylic acids is 2. The van der Waals surface area contributed by atoms with Crippen LogP contribution in [-0.2, 0) is 4.74 Å². The Morgan fingerprint density at radius 1 is 1.37 bits per heavy atom. The van der Waals surface area contributed by atoms with Gasteiger partial charge in [0, 0.05) is 5.92 Å². The minimum Gasteiger partial charge on any atom is -0.543 e. The molecule has 0 aliphatic heterocycles. The summed E-state index contributed by atoms with van der Waals surface area (Å²) in [4.78, 5) is 27.2. The maximum atomic E-state index is 11.9. The normalized spacial score (nSPS) is 12.7. The number of hydrogen-bond acceptors (Lipinski definition) is 6. The first kappa shape index (κ1) is 15.6. The molecule has 0 aliphatic carbocycles. The molecule has 19 heavy (non-hydrogen) atoms. The second kappa shape index (κ2) is 5.26. The van der Waals surface area contributed by atoms with Crippen LogP contribution in [0, 0.1) is 0 Å². The Bertz CT molecular complexity index is 515. The van der Waals surface area contributed by atoms with E-state index in [1.165, 1.54) is 0 Å². The monoisotopic (exact) mass is 286 g/mol. The molecule has 1 rings (SSSR count). The minimum atomic E-state index is -1.43. The summed E-state index contributed by atoms with van der Waals surface area (Å²) in [7, 11) is -1.16. The zero-order chi connectivity index (χ0) is 15.0. The number of ether oxygens (including phenoxy) is 1. The Balaban J connectivity index is 3.28. The summed E-state index contributed by atoms with van der Waals surface area (Å²) in [5, 5.41) is 16.9. The maximum absolute atomic E-state index is 11.9. The lowest BCUT2D eigenvalue weighted by Gasteiger charge is -2.17. The number of aromatic carboxylic acids is 1. The average molecular weight is 286 g/mol. The number of nitrogens with zero attached hydrogens (tertiary/aromatic N) is 1. The van der Waals surface area contributed by atoms with Crippen molar-refractivity contribution in [3.8, 4) is 0 Å². The predicted octanol–water partition coefficient (Wildman–Crippen LogP) is 0.987. The van der Waals surface area contributed by atoms with Gasteiger partial charge in [-0.1, -0.05) is 13.8 Å². The van der Waals surface area contributed by atoms with Gasteiger partial charge < -0.3 is 14.6 Å². The summed E-state index contributed by atoms with van der Waals surface area (Å²) in [6.07, 6.45) is 0. The van der Waals surface area contributed by atoms with Crippen molar-refractivity contribution < 1.29 is 19.4 Å². The van der Waals surface area contributed by atoms with Gasteiger partial charge in [0.1, 0.15) is 22.0 Å². The van der Waals surface area contributed by atoms with Crippen molar-refractivity contribution in [2.75, 3.05) is 5.14 Å². The highest BCUT2D eigenvalue weighted by molar-refractivity contribution is 7.32. The average Bonchev–Trinajstić information content (AvgIpc) is 2.53. The van der Waals surface area contributed by atoms with Crippen LogP contribution in [-0.4, -0.2) is 22.5 Å². The minimum absolute atomic E-state index is 0.0576. The van der Waals surface area contributed by atoms with Crippen LogP contribution >= 0.6 is 10.7 Å². The molecule has 1 aromatic rings. The van der Waals surface area contributed by atoms with Crippen molar-refractivity contribution in [2.45, 2.75) is 46.1 Å². The van der Waals surface area contributed by atoms with Crippen LogP contribution in [0.1, 0.15) is 65.7 Å².